The Bertz CT molecular complexity index is 567. The van der Waals surface area contributed by atoms with Crippen LogP contribution in [-0.2, 0) is 0 Å². The average Bonchev–Trinajstić information content (AvgIpc) is 3.47. The highest BCUT2D eigenvalue weighted by molar-refractivity contribution is 5.35. The van der Waals surface area contributed by atoms with Crippen LogP contribution in [0, 0.1) is 23.7 Å². The first-order valence-electron chi connectivity index (χ1n) is 11.7. The van der Waals surface area contributed by atoms with Crippen molar-refractivity contribution in [3.8, 4) is 0 Å². The molecule has 0 aromatic carbocycles. The van der Waals surface area contributed by atoms with Gasteiger partial charge in [0.2, 0.25) is 0 Å². The molecule has 2 fully saturated rings. The zero-order valence-corrected chi connectivity index (χ0v) is 18.5. The summed E-state index contributed by atoms with van der Waals surface area (Å²) >= 11 is 0. The lowest BCUT2D eigenvalue weighted by Crippen LogP contribution is -2.54. The SMILES string of the molecule is C=CC1=C(C)C(C(CCCCC)CC(C)C(=C)CC2CC(C3CC3)N2C)C1. The topological polar surface area (TPSA) is 3.24 Å². The lowest BCUT2D eigenvalue weighted by Gasteiger charge is -2.48. The third-order valence-corrected chi connectivity index (χ3v) is 8.13. The van der Waals surface area contributed by atoms with E-state index in [2.05, 4.69) is 52.0 Å². The lowest BCUT2D eigenvalue weighted by atomic mass is 9.66. The highest BCUT2D eigenvalue weighted by Gasteiger charge is 2.44. The van der Waals surface area contributed by atoms with E-state index in [1.165, 1.54) is 75.4 Å². The van der Waals surface area contributed by atoms with E-state index in [0.29, 0.717) is 5.92 Å². The summed E-state index contributed by atoms with van der Waals surface area (Å²) in [6.45, 7) is 15.6. The largest absolute Gasteiger partial charge is 0.300 e. The first kappa shape index (κ1) is 20.9. The van der Waals surface area contributed by atoms with E-state index in [9.17, 15) is 0 Å². The second kappa shape index (κ2) is 9.12. The Morgan fingerprint density at radius 1 is 1.30 bits per heavy atom. The van der Waals surface area contributed by atoms with Crippen molar-refractivity contribution in [2.24, 2.45) is 23.7 Å². The van der Waals surface area contributed by atoms with Crippen LogP contribution in [0.15, 0.2) is 36.0 Å². The number of allylic oxidation sites excluding steroid dienone is 3. The fourth-order valence-electron chi connectivity index (χ4n) is 5.66. The fraction of sp³-hybridized carbons (Fsp3) is 0.769. The predicted octanol–water partition coefficient (Wildman–Crippen LogP) is 7.16. The van der Waals surface area contributed by atoms with Crippen molar-refractivity contribution in [2.75, 3.05) is 7.05 Å². The third kappa shape index (κ3) is 4.78. The summed E-state index contributed by atoms with van der Waals surface area (Å²) in [7, 11) is 2.35. The highest BCUT2D eigenvalue weighted by atomic mass is 15.2. The van der Waals surface area contributed by atoms with Crippen LogP contribution in [-0.4, -0.2) is 24.0 Å². The van der Waals surface area contributed by atoms with E-state index in [4.69, 9.17) is 0 Å². The summed E-state index contributed by atoms with van der Waals surface area (Å²) in [5, 5.41) is 0. The van der Waals surface area contributed by atoms with Crippen LogP contribution in [0.2, 0.25) is 0 Å². The van der Waals surface area contributed by atoms with Gasteiger partial charge in [-0.1, -0.05) is 63.5 Å². The van der Waals surface area contributed by atoms with E-state index in [-0.39, 0.29) is 0 Å². The molecule has 1 heterocycles. The van der Waals surface area contributed by atoms with Crippen LogP contribution in [0.4, 0.5) is 0 Å². The quantitative estimate of drug-likeness (QED) is 0.260. The molecule has 3 aliphatic rings. The van der Waals surface area contributed by atoms with Crippen LogP contribution >= 0.6 is 0 Å². The van der Waals surface area contributed by atoms with Gasteiger partial charge in [-0.05, 0) is 88.2 Å². The van der Waals surface area contributed by atoms with Gasteiger partial charge in [0.05, 0.1) is 0 Å². The minimum atomic E-state index is 0.658. The minimum Gasteiger partial charge on any atom is -0.300 e. The standard InChI is InChI=1S/C26H43N/c1-7-9-10-11-23(25-16-21(8-2)20(25)5)14-18(3)19(4)15-24-17-26(27(24)6)22-12-13-22/h8,18,22-26H,2,4,7,9-17H2,1,3,5-6H3. The van der Waals surface area contributed by atoms with Gasteiger partial charge in [-0.15, -0.1) is 0 Å². The summed E-state index contributed by atoms with van der Waals surface area (Å²) in [4.78, 5) is 2.66. The maximum Gasteiger partial charge on any atom is 0.0147 e. The molecular weight excluding hydrogens is 326 g/mol. The summed E-state index contributed by atoms with van der Waals surface area (Å²) in [6, 6.07) is 1.65. The number of hydrogen-bond acceptors (Lipinski definition) is 1. The molecule has 1 nitrogen and oxygen atoms in total. The van der Waals surface area contributed by atoms with Gasteiger partial charge in [0.25, 0.3) is 0 Å². The van der Waals surface area contributed by atoms with Crippen molar-refractivity contribution in [1.29, 1.82) is 0 Å². The molecule has 1 aliphatic heterocycles. The van der Waals surface area contributed by atoms with E-state index in [0.717, 1.165) is 29.8 Å². The smallest absolute Gasteiger partial charge is 0.0147 e. The molecule has 1 heteroatoms. The molecule has 0 spiro atoms. The van der Waals surface area contributed by atoms with Gasteiger partial charge in [0, 0.05) is 12.1 Å². The van der Waals surface area contributed by atoms with Gasteiger partial charge < -0.3 is 0 Å². The van der Waals surface area contributed by atoms with Crippen LogP contribution < -0.4 is 0 Å². The Labute approximate surface area is 169 Å². The van der Waals surface area contributed by atoms with Crippen LogP contribution in [0.3, 0.4) is 0 Å². The number of unbranched alkanes of at least 4 members (excludes halogenated alkanes) is 2. The van der Waals surface area contributed by atoms with Crippen molar-refractivity contribution in [2.45, 2.75) is 97.1 Å². The van der Waals surface area contributed by atoms with E-state index >= 15 is 0 Å². The molecule has 3 rings (SSSR count). The predicted molar refractivity (Wildman–Crippen MR) is 119 cm³/mol. The Kier molecular flexibility index (Phi) is 7.06. The maximum absolute atomic E-state index is 4.54. The molecule has 5 atom stereocenters. The van der Waals surface area contributed by atoms with Gasteiger partial charge in [-0.3, -0.25) is 4.90 Å². The Morgan fingerprint density at radius 2 is 2.04 bits per heavy atom. The first-order valence-corrected chi connectivity index (χ1v) is 11.7. The fourth-order valence-corrected chi connectivity index (χ4v) is 5.66. The average molecular weight is 370 g/mol. The highest BCUT2D eigenvalue weighted by Crippen LogP contribution is 2.47. The zero-order valence-electron chi connectivity index (χ0n) is 18.5. The molecule has 0 N–H and O–H groups in total. The minimum absolute atomic E-state index is 0.658. The van der Waals surface area contributed by atoms with Crippen molar-refractivity contribution in [3.05, 3.63) is 36.0 Å². The van der Waals surface area contributed by atoms with Gasteiger partial charge in [0.1, 0.15) is 0 Å². The van der Waals surface area contributed by atoms with E-state index in [1.54, 1.807) is 5.57 Å². The van der Waals surface area contributed by atoms with Gasteiger partial charge in [-0.25, -0.2) is 0 Å². The Hall–Kier alpha value is -0.820. The first-order chi connectivity index (χ1) is 13.0. The molecule has 2 aliphatic carbocycles. The lowest BCUT2D eigenvalue weighted by molar-refractivity contribution is 0.0284. The van der Waals surface area contributed by atoms with Crippen LogP contribution in [0.1, 0.15) is 85.0 Å². The Morgan fingerprint density at radius 3 is 2.59 bits per heavy atom. The number of nitrogens with zero attached hydrogens (tertiary/aromatic N) is 1. The van der Waals surface area contributed by atoms with E-state index < -0.39 is 0 Å². The molecule has 27 heavy (non-hydrogen) atoms. The molecule has 0 aromatic heterocycles. The van der Waals surface area contributed by atoms with Crippen LogP contribution in [0.5, 0.6) is 0 Å². The van der Waals surface area contributed by atoms with Crippen molar-refractivity contribution < 1.29 is 0 Å². The van der Waals surface area contributed by atoms with Crippen molar-refractivity contribution >= 4 is 0 Å². The zero-order chi connectivity index (χ0) is 19.6. The van der Waals surface area contributed by atoms with Crippen LogP contribution in [0.25, 0.3) is 0 Å². The summed E-state index contributed by atoms with van der Waals surface area (Å²) in [5.74, 6) is 3.32. The van der Waals surface area contributed by atoms with Gasteiger partial charge in [-0.2, -0.15) is 0 Å². The second-order valence-corrected chi connectivity index (χ2v) is 9.94. The summed E-state index contributed by atoms with van der Waals surface area (Å²) in [5.41, 5.74) is 4.64. The number of likely N-dealkylation sites (tertiary alicyclic amines) is 1. The second-order valence-electron chi connectivity index (χ2n) is 9.94. The molecule has 5 unspecified atom stereocenters. The normalized spacial score (nSPS) is 30.4. The Balaban J connectivity index is 1.50. The van der Waals surface area contributed by atoms with Gasteiger partial charge in [0.15, 0.2) is 0 Å². The van der Waals surface area contributed by atoms with Crippen molar-refractivity contribution in [3.63, 3.8) is 0 Å². The molecule has 0 bridgehead atoms. The summed E-state index contributed by atoms with van der Waals surface area (Å²) < 4.78 is 0. The summed E-state index contributed by atoms with van der Waals surface area (Å²) in [6.07, 6.45) is 15.7. The van der Waals surface area contributed by atoms with Gasteiger partial charge >= 0.3 is 0 Å². The molecule has 1 saturated heterocycles. The molecule has 0 radical (unpaired) electrons. The molecule has 152 valence electrons. The maximum atomic E-state index is 4.54. The molecule has 0 amide bonds. The molecule has 0 aromatic rings. The number of hydrogen-bond donors (Lipinski definition) is 0. The third-order valence-electron chi connectivity index (χ3n) is 8.13. The van der Waals surface area contributed by atoms with Crippen molar-refractivity contribution in [1.82, 2.24) is 4.90 Å². The molecule has 1 saturated carbocycles. The monoisotopic (exact) mass is 369 g/mol. The number of rotatable bonds is 12. The molecular formula is C26H43N. The van der Waals surface area contributed by atoms with E-state index in [1.807, 2.05) is 0 Å².